The number of piperazine rings is 1. The van der Waals surface area contributed by atoms with Gasteiger partial charge in [-0.05, 0) is 38.1 Å². The fourth-order valence-corrected chi connectivity index (χ4v) is 3.10. The van der Waals surface area contributed by atoms with E-state index in [2.05, 4.69) is 34.5 Å². The van der Waals surface area contributed by atoms with Gasteiger partial charge in [0.25, 0.3) is 0 Å². The molecule has 0 aromatic heterocycles. The van der Waals surface area contributed by atoms with Crippen LogP contribution in [0.5, 0.6) is 0 Å². The number of benzene rings is 1. The topological polar surface area (TPSA) is 44.8 Å². The number of nitrogens with one attached hydrogen (secondary N) is 1. The number of para-hydroxylation sites is 1. The Morgan fingerprint density at radius 2 is 1.77 bits per heavy atom. The third-order valence-corrected chi connectivity index (χ3v) is 4.48. The van der Waals surface area contributed by atoms with Gasteiger partial charge in [-0.2, -0.15) is 0 Å². The fourth-order valence-electron chi connectivity index (χ4n) is 3.10. The van der Waals surface area contributed by atoms with Crippen molar-refractivity contribution in [2.75, 3.05) is 50.8 Å². The highest BCUT2D eigenvalue weighted by Gasteiger charge is 2.22. The molecule has 0 unspecified atom stereocenters. The Kier molecular flexibility index (Phi) is 5.29. The largest absolute Gasteiger partial charge is 0.368 e. The summed E-state index contributed by atoms with van der Waals surface area (Å²) in [5, 5.41) is 3.31. The van der Waals surface area contributed by atoms with E-state index < -0.39 is 0 Å². The molecule has 3 rings (SSSR count). The minimum absolute atomic E-state index is 0.131. The lowest BCUT2D eigenvalue weighted by molar-refractivity contribution is -0.139. The molecule has 1 aromatic carbocycles. The first-order valence-corrected chi connectivity index (χ1v) is 8.23. The third-order valence-electron chi connectivity index (χ3n) is 4.48. The van der Waals surface area contributed by atoms with Crippen molar-refractivity contribution in [1.29, 1.82) is 0 Å². The van der Waals surface area contributed by atoms with Crippen LogP contribution in [0.15, 0.2) is 30.3 Å². The molecule has 2 aliphatic rings. The van der Waals surface area contributed by atoms with Crippen LogP contribution >= 0.6 is 0 Å². The molecule has 0 aliphatic carbocycles. The van der Waals surface area contributed by atoms with Gasteiger partial charge in [0.1, 0.15) is 6.61 Å². The van der Waals surface area contributed by atoms with Crippen LogP contribution in [-0.2, 0) is 9.53 Å². The second-order valence-corrected chi connectivity index (χ2v) is 5.96. The van der Waals surface area contributed by atoms with Gasteiger partial charge in [-0.1, -0.05) is 18.2 Å². The van der Waals surface area contributed by atoms with E-state index in [1.54, 1.807) is 0 Å². The standard InChI is InChI=1S/C17H25N3O2/c21-17(14-22-16-6-8-18-9-7-16)20-12-10-19(11-13-20)15-4-2-1-3-5-15/h1-5,16,18H,6-14H2. The van der Waals surface area contributed by atoms with Gasteiger partial charge in [-0.3, -0.25) is 4.79 Å². The number of anilines is 1. The normalized spacial score (nSPS) is 20.2. The van der Waals surface area contributed by atoms with Crippen LogP contribution in [-0.4, -0.2) is 62.8 Å². The van der Waals surface area contributed by atoms with Crippen molar-refractivity contribution in [3.63, 3.8) is 0 Å². The van der Waals surface area contributed by atoms with Gasteiger partial charge in [-0.25, -0.2) is 0 Å². The summed E-state index contributed by atoms with van der Waals surface area (Å²) in [6.45, 7) is 5.57. The number of carbonyl (C=O) groups is 1. The molecule has 2 heterocycles. The molecule has 1 amide bonds. The van der Waals surface area contributed by atoms with Gasteiger partial charge in [0.2, 0.25) is 5.91 Å². The Morgan fingerprint density at radius 1 is 1.09 bits per heavy atom. The maximum Gasteiger partial charge on any atom is 0.248 e. The Hall–Kier alpha value is -1.59. The zero-order valence-corrected chi connectivity index (χ0v) is 13.0. The van der Waals surface area contributed by atoms with Crippen molar-refractivity contribution in [1.82, 2.24) is 10.2 Å². The van der Waals surface area contributed by atoms with Crippen molar-refractivity contribution >= 4 is 11.6 Å². The highest BCUT2D eigenvalue weighted by molar-refractivity contribution is 5.77. The fraction of sp³-hybridized carbons (Fsp3) is 0.588. The van der Waals surface area contributed by atoms with E-state index >= 15 is 0 Å². The summed E-state index contributed by atoms with van der Waals surface area (Å²) in [5.41, 5.74) is 1.24. The Labute approximate surface area is 132 Å². The maximum absolute atomic E-state index is 12.3. The summed E-state index contributed by atoms with van der Waals surface area (Å²) < 4.78 is 5.76. The van der Waals surface area contributed by atoms with E-state index in [1.165, 1.54) is 5.69 Å². The molecule has 1 N–H and O–H groups in total. The highest BCUT2D eigenvalue weighted by atomic mass is 16.5. The number of piperidine rings is 1. The molecule has 0 spiro atoms. The van der Waals surface area contributed by atoms with Crippen LogP contribution in [0.25, 0.3) is 0 Å². The number of rotatable bonds is 4. The van der Waals surface area contributed by atoms with Gasteiger partial charge in [0.05, 0.1) is 6.10 Å². The van der Waals surface area contributed by atoms with Gasteiger partial charge < -0.3 is 19.9 Å². The second kappa shape index (κ2) is 7.61. The third kappa shape index (κ3) is 3.99. The van der Waals surface area contributed by atoms with Gasteiger partial charge >= 0.3 is 0 Å². The molecule has 22 heavy (non-hydrogen) atoms. The molecule has 5 heteroatoms. The number of hydrogen-bond acceptors (Lipinski definition) is 4. The summed E-state index contributed by atoms with van der Waals surface area (Å²) in [5.74, 6) is 0.131. The molecule has 0 radical (unpaired) electrons. The molecule has 0 atom stereocenters. The average Bonchev–Trinajstić information content (AvgIpc) is 2.61. The number of ether oxygens (including phenoxy) is 1. The maximum atomic E-state index is 12.3. The van der Waals surface area contributed by atoms with Crippen LogP contribution in [0.3, 0.4) is 0 Å². The van der Waals surface area contributed by atoms with Crippen molar-refractivity contribution in [2.24, 2.45) is 0 Å². The van der Waals surface area contributed by atoms with Crippen molar-refractivity contribution in [3.8, 4) is 0 Å². The predicted molar refractivity (Wildman–Crippen MR) is 87.1 cm³/mol. The minimum atomic E-state index is 0.131. The lowest BCUT2D eigenvalue weighted by Gasteiger charge is -2.36. The molecule has 0 saturated carbocycles. The predicted octanol–water partition coefficient (Wildman–Crippen LogP) is 1.10. The first-order valence-electron chi connectivity index (χ1n) is 8.23. The van der Waals surface area contributed by atoms with Crippen LogP contribution in [0.4, 0.5) is 5.69 Å². The van der Waals surface area contributed by atoms with E-state index in [0.29, 0.717) is 0 Å². The van der Waals surface area contributed by atoms with Crippen LogP contribution in [0, 0.1) is 0 Å². The zero-order chi connectivity index (χ0) is 15.2. The van der Waals surface area contributed by atoms with Crippen LogP contribution in [0.2, 0.25) is 0 Å². The molecule has 120 valence electrons. The first-order chi connectivity index (χ1) is 10.8. The average molecular weight is 303 g/mol. The van der Waals surface area contributed by atoms with E-state index in [4.69, 9.17) is 4.74 Å². The van der Waals surface area contributed by atoms with Crippen LogP contribution in [0.1, 0.15) is 12.8 Å². The molecular weight excluding hydrogens is 278 g/mol. The summed E-state index contributed by atoms with van der Waals surface area (Å²) >= 11 is 0. The van der Waals surface area contributed by atoms with E-state index in [-0.39, 0.29) is 18.6 Å². The summed E-state index contributed by atoms with van der Waals surface area (Å²) in [6, 6.07) is 10.4. The number of hydrogen-bond donors (Lipinski definition) is 1. The number of amides is 1. The quantitative estimate of drug-likeness (QED) is 0.905. The number of nitrogens with zero attached hydrogens (tertiary/aromatic N) is 2. The van der Waals surface area contributed by atoms with E-state index in [0.717, 1.165) is 52.1 Å². The molecule has 2 fully saturated rings. The Morgan fingerprint density at radius 3 is 2.45 bits per heavy atom. The Balaban J connectivity index is 1.41. The molecular formula is C17H25N3O2. The van der Waals surface area contributed by atoms with Crippen molar-refractivity contribution in [2.45, 2.75) is 18.9 Å². The molecule has 2 saturated heterocycles. The molecule has 1 aromatic rings. The summed E-state index contributed by atoms with van der Waals surface area (Å²) in [7, 11) is 0. The van der Waals surface area contributed by atoms with Gasteiger partial charge in [-0.15, -0.1) is 0 Å². The molecule has 5 nitrogen and oxygen atoms in total. The highest BCUT2D eigenvalue weighted by Crippen LogP contribution is 2.16. The van der Waals surface area contributed by atoms with Gasteiger partial charge in [0.15, 0.2) is 0 Å². The SMILES string of the molecule is O=C(COC1CCNCC1)N1CCN(c2ccccc2)CC1. The van der Waals surface area contributed by atoms with Crippen molar-refractivity contribution in [3.05, 3.63) is 30.3 Å². The first kappa shape index (κ1) is 15.3. The summed E-state index contributed by atoms with van der Waals surface area (Å²) in [4.78, 5) is 16.5. The number of carbonyl (C=O) groups excluding carboxylic acids is 1. The smallest absolute Gasteiger partial charge is 0.248 e. The van der Waals surface area contributed by atoms with Gasteiger partial charge in [0, 0.05) is 31.9 Å². The second-order valence-electron chi connectivity index (χ2n) is 5.96. The molecule has 2 aliphatic heterocycles. The van der Waals surface area contributed by atoms with E-state index in [9.17, 15) is 4.79 Å². The monoisotopic (exact) mass is 303 g/mol. The lowest BCUT2D eigenvalue weighted by Crippen LogP contribution is -2.50. The van der Waals surface area contributed by atoms with Crippen LogP contribution < -0.4 is 10.2 Å². The minimum Gasteiger partial charge on any atom is -0.368 e. The zero-order valence-electron chi connectivity index (χ0n) is 13.0. The molecule has 0 bridgehead atoms. The van der Waals surface area contributed by atoms with E-state index in [1.807, 2.05) is 11.0 Å². The lowest BCUT2D eigenvalue weighted by atomic mass is 10.1. The Bertz CT molecular complexity index is 466. The summed E-state index contributed by atoms with van der Waals surface area (Å²) in [6.07, 6.45) is 2.26. The van der Waals surface area contributed by atoms with Crippen molar-refractivity contribution < 1.29 is 9.53 Å².